The molecule has 8 nitrogen and oxygen atoms in total. The van der Waals surface area contributed by atoms with E-state index in [1.807, 2.05) is 20.8 Å². The van der Waals surface area contributed by atoms with E-state index in [1.54, 1.807) is 7.11 Å². The predicted octanol–water partition coefficient (Wildman–Crippen LogP) is 9.06. The topological polar surface area (TPSA) is 100 Å². The molecule has 9 heteroatoms. The zero-order chi connectivity index (χ0) is 31.5. The van der Waals surface area contributed by atoms with Gasteiger partial charge >= 0.3 is 6.09 Å². The van der Waals surface area contributed by atoms with Crippen molar-refractivity contribution in [2.75, 3.05) is 26.6 Å². The van der Waals surface area contributed by atoms with Gasteiger partial charge in [0.25, 0.3) is 10.1 Å². The number of hydrogen-bond donors (Lipinski definition) is 1. The van der Waals surface area contributed by atoms with Crippen LogP contribution in [0.15, 0.2) is 0 Å². The van der Waals surface area contributed by atoms with Crippen LogP contribution in [-0.2, 0) is 28.5 Å². The molecule has 42 heavy (non-hydrogen) atoms. The second kappa shape index (κ2) is 26.5. The maximum absolute atomic E-state index is 12.6. The molecule has 2 unspecified atom stereocenters. The van der Waals surface area contributed by atoms with Gasteiger partial charge in [0, 0.05) is 13.7 Å². The fourth-order valence-electron chi connectivity index (χ4n) is 4.85. The van der Waals surface area contributed by atoms with Crippen LogP contribution in [0.3, 0.4) is 0 Å². The summed E-state index contributed by atoms with van der Waals surface area (Å²) in [6.45, 7) is 8.67. The molecule has 0 aliphatic heterocycles. The minimum Gasteiger partial charge on any atom is -0.446 e. The van der Waals surface area contributed by atoms with Gasteiger partial charge in [0.1, 0.15) is 11.7 Å². The SMILES string of the molecule is CCCCCCCCCCCCCCCCCC(C)OC(=O)NC(OCCCCCCCOS(C)(=O)=O)C(C)(C)OC. The van der Waals surface area contributed by atoms with Gasteiger partial charge in [-0.1, -0.05) is 116 Å². The maximum atomic E-state index is 12.6. The van der Waals surface area contributed by atoms with Gasteiger partial charge < -0.3 is 14.2 Å². The standard InChI is InChI=1S/C33H67NO7S/c1-7-8-9-10-11-12-13-14-15-16-17-18-19-21-24-27-30(2)41-32(35)34-31(33(3,4)38-5)39-28-25-22-20-23-26-29-40-42(6,36)37/h30-31H,7-29H2,1-6H3,(H,34,35). The maximum Gasteiger partial charge on any atom is 0.409 e. The van der Waals surface area contributed by atoms with E-state index in [0.29, 0.717) is 13.0 Å². The highest BCUT2D eigenvalue weighted by molar-refractivity contribution is 7.85. The van der Waals surface area contributed by atoms with Crippen LogP contribution in [0.1, 0.15) is 163 Å². The molecule has 252 valence electrons. The second-order valence-electron chi connectivity index (χ2n) is 12.5. The Morgan fingerprint density at radius 2 is 1.14 bits per heavy atom. The highest BCUT2D eigenvalue weighted by Crippen LogP contribution is 2.18. The Labute approximate surface area is 259 Å². The molecule has 0 saturated carbocycles. The van der Waals surface area contributed by atoms with Crippen molar-refractivity contribution in [1.29, 1.82) is 0 Å². The Hall–Kier alpha value is -0.900. The third kappa shape index (κ3) is 26.7. The van der Waals surface area contributed by atoms with E-state index in [1.165, 1.54) is 89.9 Å². The Morgan fingerprint density at radius 3 is 1.60 bits per heavy atom. The van der Waals surface area contributed by atoms with Gasteiger partial charge in [-0.3, -0.25) is 9.50 Å². The Kier molecular flexibility index (Phi) is 25.9. The van der Waals surface area contributed by atoms with Gasteiger partial charge in [-0.05, 0) is 46.5 Å². The van der Waals surface area contributed by atoms with Gasteiger partial charge in [0.2, 0.25) is 0 Å². The number of methoxy groups -OCH3 is 1. The van der Waals surface area contributed by atoms with Gasteiger partial charge in [0.05, 0.1) is 12.9 Å². The van der Waals surface area contributed by atoms with Crippen molar-refractivity contribution in [1.82, 2.24) is 5.32 Å². The molecule has 0 radical (unpaired) electrons. The van der Waals surface area contributed by atoms with E-state index in [-0.39, 0.29) is 12.7 Å². The van der Waals surface area contributed by atoms with Crippen molar-refractivity contribution >= 4 is 16.2 Å². The number of amides is 1. The number of rotatable bonds is 30. The van der Waals surface area contributed by atoms with Crippen molar-refractivity contribution < 1.29 is 31.6 Å². The molecule has 0 aliphatic carbocycles. The molecule has 0 spiro atoms. The molecule has 0 heterocycles. The molecule has 0 aromatic rings. The minimum atomic E-state index is -3.36. The lowest BCUT2D eigenvalue weighted by Gasteiger charge is -2.33. The van der Waals surface area contributed by atoms with Crippen LogP contribution in [0.4, 0.5) is 4.79 Å². The van der Waals surface area contributed by atoms with Crippen molar-refractivity contribution in [2.45, 2.75) is 180 Å². The summed E-state index contributed by atoms with van der Waals surface area (Å²) in [7, 11) is -1.76. The smallest absolute Gasteiger partial charge is 0.409 e. The van der Waals surface area contributed by atoms with Crippen molar-refractivity contribution in [3.8, 4) is 0 Å². The van der Waals surface area contributed by atoms with Crippen LogP contribution >= 0.6 is 0 Å². The summed E-state index contributed by atoms with van der Waals surface area (Å²) >= 11 is 0. The fourth-order valence-corrected chi connectivity index (χ4v) is 5.28. The first-order chi connectivity index (χ1) is 20.0. The van der Waals surface area contributed by atoms with Crippen LogP contribution in [0.25, 0.3) is 0 Å². The van der Waals surface area contributed by atoms with Gasteiger partial charge in [-0.2, -0.15) is 8.42 Å². The number of nitrogens with one attached hydrogen (secondary N) is 1. The molecule has 0 fully saturated rings. The highest BCUT2D eigenvalue weighted by Gasteiger charge is 2.32. The average Bonchev–Trinajstić information content (AvgIpc) is 2.92. The second-order valence-corrected chi connectivity index (χ2v) is 14.1. The summed E-state index contributed by atoms with van der Waals surface area (Å²) in [6.07, 6.45) is 25.1. The number of ether oxygens (including phenoxy) is 3. The lowest BCUT2D eigenvalue weighted by molar-refractivity contribution is -0.122. The molecule has 0 saturated heterocycles. The van der Waals surface area contributed by atoms with Crippen LogP contribution in [0.2, 0.25) is 0 Å². The van der Waals surface area contributed by atoms with Gasteiger partial charge in [-0.25, -0.2) is 4.79 Å². The molecule has 0 aromatic carbocycles. The first-order valence-corrected chi connectivity index (χ1v) is 18.8. The monoisotopic (exact) mass is 621 g/mol. The van der Waals surface area contributed by atoms with Gasteiger partial charge in [0.15, 0.2) is 6.23 Å². The summed E-state index contributed by atoms with van der Waals surface area (Å²) in [5.41, 5.74) is -0.709. The van der Waals surface area contributed by atoms with E-state index < -0.39 is 28.0 Å². The molecule has 1 amide bonds. The van der Waals surface area contributed by atoms with E-state index >= 15 is 0 Å². The molecule has 0 aromatic heterocycles. The zero-order valence-electron chi connectivity index (χ0n) is 28.2. The van der Waals surface area contributed by atoms with Crippen LogP contribution < -0.4 is 5.32 Å². The molecule has 2 atom stereocenters. The molecule has 0 rings (SSSR count). The van der Waals surface area contributed by atoms with Crippen LogP contribution in [-0.4, -0.2) is 59.0 Å². The van der Waals surface area contributed by atoms with E-state index in [9.17, 15) is 13.2 Å². The highest BCUT2D eigenvalue weighted by atomic mass is 32.2. The van der Waals surface area contributed by atoms with Crippen LogP contribution in [0, 0.1) is 0 Å². The van der Waals surface area contributed by atoms with Gasteiger partial charge in [-0.15, -0.1) is 0 Å². The molecule has 0 aliphatic rings. The number of unbranched alkanes of at least 4 members (excludes halogenated alkanes) is 18. The summed E-state index contributed by atoms with van der Waals surface area (Å²) in [5.74, 6) is 0. The van der Waals surface area contributed by atoms with Crippen LogP contribution in [0.5, 0.6) is 0 Å². The largest absolute Gasteiger partial charge is 0.446 e. The summed E-state index contributed by atoms with van der Waals surface area (Å²) in [6, 6.07) is 0. The molecular weight excluding hydrogens is 554 g/mol. The van der Waals surface area contributed by atoms with E-state index in [4.69, 9.17) is 18.4 Å². The van der Waals surface area contributed by atoms with Crippen molar-refractivity contribution in [3.63, 3.8) is 0 Å². The summed E-state index contributed by atoms with van der Waals surface area (Å²) in [4.78, 5) is 12.6. The Morgan fingerprint density at radius 1 is 0.714 bits per heavy atom. The fraction of sp³-hybridized carbons (Fsp3) is 0.970. The normalized spacial score (nSPS) is 13.7. The van der Waals surface area contributed by atoms with Crippen molar-refractivity contribution in [3.05, 3.63) is 0 Å². The lowest BCUT2D eigenvalue weighted by Crippen LogP contribution is -2.52. The van der Waals surface area contributed by atoms with E-state index in [0.717, 1.165) is 44.8 Å². The molecule has 0 bridgehead atoms. The lowest BCUT2D eigenvalue weighted by atomic mass is 10.0. The third-order valence-electron chi connectivity index (χ3n) is 7.80. The number of carbonyl (C=O) groups is 1. The number of alkyl carbamates (subject to hydrolysis) is 1. The average molecular weight is 622 g/mol. The summed E-state index contributed by atoms with van der Waals surface area (Å²) < 4.78 is 43.8. The first kappa shape index (κ1) is 41.1. The zero-order valence-corrected chi connectivity index (χ0v) is 29.0. The Balaban J connectivity index is 3.92. The van der Waals surface area contributed by atoms with E-state index in [2.05, 4.69) is 12.2 Å². The molecule has 1 N–H and O–H groups in total. The first-order valence-electron chi connectivity index (χ1n) is 17.0. The minimum absolute atomic E-state index is 0.148. The predicted molar refractivity (Wildman–Crippen MR) is 173 cm³/mol. The van der Waals surface area contributed by atoms with Crippen molar-refractivity contribution in [2.24, 2.45) is 0 Å². The third-order valence-corrected chi connectivity index (χ3v) is 8.39. The quantitative estimate of drug-likeness (QED) is 0.0485. The number of carbonyl (C=O) groups excluding carboxylic acids is 1. The summed E-state index contributed by atoms with van der Waals surface area (Å²) in [5, 5.41) is 2.84. The molecular formula is C33H67NO7S. The number of hydrogen-bond acceptors (Lipinski definition) is 7. The Bertz CT molecular complexity index is 730.